The molecule has 1 aliphatic carbocycles. The van der Waals surface area contributed by atoms with Gasteiger partial charge in [0.1, 0.15) is 5.82 Å². The van der Waals surface area contributed by atoms with E-state index in [2.05, 4.69) is 15.2 Å². The zero-order valence-corrected chi connectivity index (χ0v) is 8.66. The molecule has 1 fully saturated rings. The molecule has 1 aromatic heterocycles. The minimum absolute atomic E-state index is 0.243. The van der Waals surface area contributed by atoms with E-state index in [1.165, 1.54) is 19.3 Å². The zero-order valence-electron chi connectivity index (χ0n) is 8.66. The van der Waals surface area contributed by atoms with Gasteiger partial charge in [-0.15, -0.1) is 0 Å². The molecule has 1 aliphatic rings. The summed E-state index contributed by atoms with van der Waals surface area (Å²) in [6, 6.07) is 0.243. The molecule has 0 aromatic carbocycles. The van der Waals surface area contributed by atoms with Crippen LogP contribution in [0.25, 0.3) is 0 Å². The van der Waals surface area contributed by atoms with Crippen molar-refractivity contribution in [1.29, 1.82) is 0 Å². The maximum absolute atomic E-state index is 6.13. The lowest BCUT2D eigenvalue weighted by molar-refractivity contribution is 0.485. The van der Waals surface area contributed by atoms with Gasteiger partial charge in [0.15, 0.2) is 5.82 Å². The quantitative estimate of drug-likeness (QED) is 0.665. The first-order chi connectivity index (χ1) is 6.77. The van der Waals surface area contributed by atoms with Crippen LogP contribution in [0.15, 0.2) is 0 Å². The zero-order chi connectivity index (χ0) is 9.97. The fraction of sp³-hybridized carbons (Fsp3) is 0.800. The van der Waals surface area contributed by atoms with E-state index in [-0.39, 0.29) is 6.04 Å². The summed E-state index contributed by atoms with van der Waals surface area (Å²) in [4.78, 5) is 4.38. The van der Waals surface area contributed by atoms with Crippen molar-refractivity contribution in [2.75, 3.05) is 0 Å². The monoisotopic (exact) mass is 194 g/mol. The molecule has 1 aromatic rings. The van der Waals surface area contributed by atoms with Crippen LogP contribution in [0.3, 0.4) is 0 Å². The Bertz CT molecular complexity index is 294. The number of nitrogens with zero attached hydrogens (tertiary/aromatic N) is 2. The van der Waals surface area contributed by atoms with Crippen molar-refractivity contribution in [3.05, 3.63) is 11.6 Å². The lowest BCUT2D eigenvalue weighted by Gasteiger charge is -2.17. The molecule has 2 unspecified atom stereocenters. The number of aryl methyl sites for hydroxylation is 1. The highest BCUT2D eigenvalue weighted by Gasteiger charge is 2.24. The normalized spacial score (nSPS) is 28.7. The highest BCUT2D eigenvalue weighted by atomic mass is 15.2. The topological polar surface area (TPSA) is 67.6 Å². The second-order valence-electron chi connectivity index (χ2n) is 4.19. The molecule has 0 saturated heterocycles. The number of rotatable bonds is 1. The predicted octanol–water partition coefficient (Wildman–Crippen LogP) is 1.49. The van der Waals surface area contributed by atoms with Crippen LogP contribution in [-0.4, -0.2) is 21.2 Å². The molecule has 14 heavy (non-hydrogen) atoms. The molecule has 1 saturated carbocycles. The summed E-state index contributed by atoms with van der Waals surface area (Å²) in [5.41, 5.74) is 6.13. The molecule has 2 rings (SSSR count). The molecule has 1 heterocycles. The lowest BCUT2D eigenvalue weighted by Crippen LogP contribution is -2.28. The highest BCUT2D eigenvalue weighted by Crippen LogP contribution is 2.28. The second kappa shape index (κ2) is 4.09. The van der Waals surface area contributed by atoms with Crippen LogP contribution in [0.5, 0.6) is 0 Å². The van der Waals surface area contributed by atoms with E-state index in [4.69, 9.17) is 5.73 Å². The Balaban J connectivity index is 2.14. The minimum Gasteiger partial charge on any atom is -0.327 e. The van der Waals surface area contributed by atoms with Gasteiger partial charge in [-0.3, -0.25) is 5.10 Å². The Kier molecular flexibility index (Phi) is 2.82. The number of H-pyrrole nitrogens is 1. The van der Waals surface area contributed by atoms with E-state index in [9.17, 15) is 0 Å². The molecular formula is C10H18N4. The molecule has 0 spiro atoms. The van der Waals surface area contributed by atoms with Crippen molar-refractivity contribution in [1.82, 2.24) is 15.2 Å². The molecule has 0 bridgehead atoms. The first-order valence-electron chi connectivity index (χ1n) is 5.42. The average molecular weight is 194 g/mol. The Morgan fingerprint density at radius 2 is 2.07 bits per heavy atom. The van der Waals surface area contributed by atoms with Crippen LogP contribution in [0.1, 0.15) is 49.7 Å². The van der Waals surface area contributed by atoms with Crippen molar-refractivity contribution in [3.63, 3.8) is 0 Å². The van der Waals surface area contributed by atoms with E-state index in [1.54, 1.807) is 0 Å². The van der Waals surface area contributed by atoms with E-state index >= 15 is 0 Å². The third kappa shape index (κ3) is 1.95. The van der Waals surface area contributed by atoms with Crippen LogP contribution in [0, 0.1) is 6.92 Å². The van der Waals surface area contributed by atoms with Gasteiger partial charge in [0.2, 0.25) is 0 Å². The van der Waals surface area contributed by atoms with Crippen LogP contribution < -0.4 is 5.73 Å². The summed E-state index contributed by atoms with van der Waals surface area (Å²) < 4.78 is 0. The van der Waals surface area contributed by atoms with Crippen molar-refractivity contribution in [3.8, 4) is 0 Å². The molecule has 0 aliphatic heterocycles. The van der Waals surface area contributed by atoms with Crippen LogP contribution in [0.4, 0.5) is 0 Å². The van der Waals surface area contributed by atoms with Gasteiger partial charge in [-0.1, -0.05) is 19.3 Å². The molecule has 2 atom stereocenters. The van der Waals surface area contributed by atoms with Crippen molar-refractivity contribution >= 4 is 0 Å². The fourth-order valence-corrected chi connectivity index (χ4v) is 2.18. The second-order valence-corrected chi connectivity index (χ2v) is 4.19. The van der Waals surface area contributed by atoms with Crippen molar-refractivity contribution < 1.29 is 0 Å². The van der Waals surface area contributed by atoms with E-state index in [0.717, 1.165) is 24.5 Å². The highest BCUT2D eigenvalue weighted by molar-refractivity contribution is 5.02. The van der Waals surface area contributed by atoms with Gasteiger partial charge in [-0.25, -0.2) is 4.98 Å². The van der Waals surface area contributed by atoms with Crippen molar-refractivity contribution in [2.24, 2.45) is 5.73 Å². The van der Waals surface area contributed by atoms with Crippen LogP contribution >= 0.6 is 0 Å². The number of nitrogens with one attached hydrogen (secondary N) is 1. The van der Waals surface area contributed by atoms with Gasteiger partial charge >= 0.3 is 0 Å². The smallest absolute Gasteiger partial charge is 0.155 e. The molecule has 3 N–H and O–H groups in total. The molecule has 4 heteroatoms. The molecule has 78 valence electrons. The molecule has 0 radical (unpaired) electrons. The summed E-state index contributed by atoms with van der Waals surface area (Å²) in [6.07, 6.45) is 6.05. The lowest BCUT2D eigenvalue weighted by atomic mass is 9.95. The van der Waals surface area contributed by atoms with Gasteiger partial charge in [0, 0.05) is 12.0 Å². The van der Waals surface area contributed by atoms with Crippen LogP contribution in [0.2, 0.25) is 0 Å². The molecule has 4 nitrogen and oxygen atoms in total. The van der Waals surface area contributed by atoms with E-state index in [0.29, 0.717) is 5.92 Å². The van der Waals surface area contributed by atoms with E-state index < -0.39 is 0 Å². The summed E-state index contributed by atoms with van der Waals surface area (Å²) in [5.74, 6) is 2.16. The first-order valence-corrected chi connectivity index (χ1v) is 5.42. The Morgan fingerprint density at radius 1 is 1.29 bits per heavy atom. The standard InChI is InChI=1S/C10H18N4/c1-7-12-10(14-13-7)8-5-3-2-4-6-9(8)11/h8-9H,2-6,11H2,1H3,(H,12,13,14). The summed E-state index contributed by atoms with van der Waals surface area (Å²) in [7, 11) is 0. The predicted molar refractivity (Wildman–Crippen MR) is 54.9 cm³/mol. The van der Waals surface area contributed by atoms with Gasteiger partial charge in [0.05, 0.1) is 0 Å². The number of nitrogens with two attached hydrogens (primary N) is 1. The first kappa shape index (κ1) is 9.65. The largest absolute Gasteiger partial charge is 0.327 e. The van der Waals surface area contributed by atoms with Gasteiger partial charge in [-0.2, -0.15) is 5.10 Å². The number of aromatic nitrogens is 3. The SMILES string of the molecule is Cc1nc(C2CCCCCC2N)n[nH]1. The summed E-state index contributed by atoms with van der Waals surface area (Å²) in [6.45, 7) is 1.93. The van der Waals surface area contributed by atoms with E-state index in [1.807, 2.05) is 6.92 Å². The third-order valence-corrected chi connectivity index (χ3v) is 3.02. The number of aromatic amines is 1. The average Bonchev–Trinajstić information content (AvgIpc) is 2.46. The third-order valence-electron chi connectivity index (χ3n) is 3.02. The van der Waals surface area contributed by atoms with Gasteiger partial charge < -0.3 is 5.73 Å². The maximum Gasteiger partial charge on any atom is 0.155 e. The Labute approximate surface area is 84.3 Å². The molecule has 0 amide bonds. The van der Waals surface area contributed by atoms with Crippen molar-refractivity contribution in [2.45, 2.75) is 51.0 Å². The molecular weight excluding hydrogens is 176 g/mol. The number of hydrogen-bond acceptors (Lipinski definition) is 3. The summed E-state index contributed by atoms with van der Waals surface area (Å²) >= 11 is 0. The maximum atomic E-state index is 6.13. The van der Waals surface area contributed by atoms with Gasteiger partial charge in [-0.05, 0) is 19.8 Å². The van der Waals surface area contributed by atoms with Crippen LogP contribution in [-0.2, 0) is 0 Å². The summed E-state index contributed by atoms with van der Waals surface area (Å²) in [5, 5.41) is 7.11. The van der Waals surface area contributed by atoms with Gasteiger partial charge in [0.25, 0.3) is 0 Å². The fourth-order valence-electron chi connectivity index (χ4n) is 2.18. The Hall–Kier alpha value is -0.900. The minimum atomic E-state index is 0.243. The Morgan fingerprint density at radius 3 is 2.79 bits per heavy atom. The number of hydrogen-bond donors (Lipinski definition) is 2.